The molecule has 36 heavy (non-hydrogen) atoms. The molecule has 9 heteroatoms. The summed E-state index contributed by atoms with van der Waals surface area (Å²) < 4.78 is 15.0. The van der Waals surface area contributed by atoms with Crippen molar-refractivity contribution in [1.29, 1.82) is 0 Å². The van der Waals surface area contributed by atoms with Gasteiger partial charge in [-0.3, -0.25) is 14.4 Å². The maximum atomic E-state index is 13.5. The molecular formula is C27H31FN4O4. The van der Waals surface area contributed by atoms with E-state index in [1.807, 2.05) is 7.05 Å². The first-order chi connectivity index (χ1) is 17.1. The number of likely N-dealkylation sites (N-methyl/N-ethyl adjacent to an activating group) is 1. The molecule has 0 unspecified atom stereocenters. The average molecular weight is 495 g/mol. The molecule has 0 bridgehead atoms. The fourth-order valence-corrected chi connectivity index (χ4v) is 4.81. The zero-order chi connectivity index (χ0) is 26.1. The summed E-state index contributed by atoms with van der Waals surface area (Å²) in [5, 5.41) is 10.5. The smallest absolute Gasteiger partial charge is 0.294 e. The molecule has 2 heterocycles. The predicted octanol–water partition coefficient (Wildman–Crippen LogP) is 2.82. The molecule has 1 fully saturated rings. The van der Waals surface area contributed by atoms with Crippen molar-refractivity contribution in [3.63, 3.8) is 0 Å². The number of aryl methyl sites for hydroxylation is 1. The Morgan fingerprint density at radius 1 is 1.03 bits per heavy atom. The second-order valence-corrected chi connectivity index (χ2v) is 9.48. The molecule has 190 valence electrons. The monoisotopic (exact) mass is 494 g/mol. The number of rotatable bonds is 6. The van der Waals surface area contributed by atoms with Gasteiger partial charge in [-0.2, -0.15) is 0 Å². The first-order valence-corrected chi connectivity index (χ1v) is 11.9. The highest BCUT2D eigenvalue weighted by Gasteiger charge is 2.29. The fraction of sp³-hybridized carbons (Fsp3) is 0.370. The van der Waals surface area contributed by atoms with E-state index in [0.29, 0.717) is 35.1 Å². The molecule has 0 saturated carbocycles. The van der Waals surface area contributed by atoms with Crippen molar-refractivity contribution in [2.24, 2.45) is 7.05 Å². The normalized spacial score (nSPS) is 14.2. The van der Waals surface area contributed by atoms with Gasteiger partial charge in [0.25, 0.3) is 17.6 Å². The molecule has 3 aromatic rings. The largest absolute Gasteiger partial charge is 0.392 e. The molecule has 8 nitrogen and oxygen atoms in total. The van der Waals surface area contributed by atoms with Crippen LogP contribution in [0.15, 0.2) is 42.6 Å². The summed E-state index contributed by atoms with van der Waals surface area (Å²) in [5.41, 5.74) is 2.60. The molecule has 0 radical (unpaired) electrons. The Hall–Kier alpha value is -3.72. The van der Waals surface area contributed by atoms with Crippen molar-refractivity contribution in [3.05, 3.63) is 65.1 Å². The van der Waals surface area contributed by atoms with E-state index in [4.69, 9.17) is 0 Å². The molecule has 1 aromatic heterocycles. The van der Waals surface area contributed by atoms with Crippen LogP contribution in [0, 0.1) is 5.82 Å². The minimum absolute atomic E-state index is 0.203. The first-order valence-electron chi connectivity index (χ1n) is 11.9. The van der Waals surface area contributed by atoms with Crippen LogP contribution >= 0.6 is 0 Å². The van der Waals surface area contributed by atoms with Crippen LogP contribution in [0.2, 0.25) is 0 Å². The van der Waals surface area contributed by atoms with E-state index in [-0.39, 0.29) is 29.9 Å². The summed E-state index contributed by atoms with van der Waals surface area (Å²) in [5.74, 6) is -1.79. The number of Topliss-reactive ketones (excluding diaryl/α,β-unsaturated/α-hetero) is 1. The molecule has 1 aliphatic rings. The van der Waals surface area contributed by atoms with Crippen molar-refractivity contribution in [1.82, 2.24) is 14.4 Å². The Morgan fingerprint density at radius 3 is 2.25 bits per heavy atom. The van der Waals surface area contributed by atoms with Crippen LogP contribution in [0.25, 0.3) is 10.9 Å². The number of nitrogens with zero attached hydrogens (tertiary/aromatic N) is 4. The van der Waals surface area contributed by atoms with Gasteiger partial charge in [0, 0.05) is 75.7 Å². The maximum Gasteiger partial charge on any atom is 0.294 e. The first kappa shape index (κ1) is 25.4. The predicted molar refractivity (Wildman–Crippen MR) is 136 cm³/mol. The average Bonchev–Trinajstić information content (AvgIpc) is 3.21. The lowest BCUT2D eigenvalue weighted by molar-refractivity contribution is -0.124. The van der Waals surface area contributed by atoms with Crippen LogP contribution in [-0.4, -0.2) is 77.3 Å². The van der Waals surface area contributed by atoms with Crippen molar-refractivity contribution < 1.29 is 23.9 Å². The highest BCUT2D eigenvalue weighted by molar-refractivity contribution is 6.44. The van der Waals surface area contributed by atoms with Gasteiger partial charge in [-0.25, -0.2) is 4.39 Å². The summed E-state index contributed by atoms with van der Waals surface area (Å²) in [4.78, 5) is 43.7. The lowest BCUT2D eigenvalue weighted by Gasteiger charge is -2.38. The van der Waals surface area contributed by atoms with Crippen LogP contribution in [0.4, 0.5) is 10.1 Å². The summed E-state index contributed by atoms with van der Waals surface area (Å²) >= 11 is 0. The van der Waals surface area contributed by atoms with E-state index in [1.165, 1.54) is 31.1 Å². The third-order valence-electron chi connectivity index (χ3n) is 6.99. The van der Waals surface area contributed by atoms with Gasteiger partial charge in [-0.15, -0.1) is 0 Å². The van der Waals surface area contributed by atoms with E-state index in [9.17, 15) is 23.9 Å². The molecule has 4 rings (SSSR count). The van der Waals surface area contributed by atoms with E-state index in [1.54, 1.807) is 47.0 Å². The van der Waals surface area contributed by atoms with E-state index >= 15 is 0 Å². The summed E-state index contributed by atoms with van der Waals surface area (Å²) in [6.07, 6.45) is 3.06. The summed E-state index contributed by atoms with van der Waals surface area (Å²) in [6, 6.07) is 9.89. The van der Waals surface area contributed by atoms with Crippen molar-refractivity contribution in [2.45, 2.75) is 25.5 Å². The Morgan fingerprint density at radius 2 is 1.67 bits per heavy atom. The topological polar surface area (TPSA) is 86.1 Å². The lowest BCUT2D eigenvalue weighted by atomic mass is 9.98. The van der Waals surface area contributed by atoms with E-state index < -0.39 is 11.7 Å². The number of aliphatic hydroxyl groups excluding tert-OH is 1. The number of carbonyl (C=O) groups is 3. The third-order valence-corrected chi connectivity index (χ3v) is 6.99. The Balaban J connectivity index is 1.58. The molecule has 0 atom stereocenters. The molecule has 1 aliphatic heterocycles. The number of fused-ring (bicyclic) bond motifs is 1. The number of benzene rings is 2. The molecule has 1 N–H and O–H groups in total. The number of aliphatic hydroxyl groups is 1. The number of carbonyl (C=O) groups excluding carboxylic acids is 3. The number of anilines is 1. The SMILES string of the molecule is CN(C)C(=O)C(=O)c1cn(C)c2cc(CO)c(C(=O)N3CCC(N(C)c4ccc(F)cc4)CC3)cc12. The molecule has 1 saturated heterocycles. The van der Waals surface area contributed by atoms with Crippen molar-refractivity contribution in [3.8, 4) is 0 Å². The van der Waals surface area contributed by atoms with Gasteiger partial charge >= 0.3 is 0 Å². The van der Waals surface area contributed by atoms with Gasteiger partial charge in [0.15, 0.2) is 0 Å². The summed E-state index contributed by atoms with van der Waals surface area (Å²) in [7, 11) is 6.75. The second kappa shape index (κ2) is 10.1. The molecule has 0 aliphatic carbocycles. The number of hydrogen-bond acceptors (Lipinski definition) is 5. The lowest BCUT2D eigenvalue weighted by Crippen LogP contribution is -2.45. The molecule has 2 aromatic carbocycles. The number of hydrogen-bond donors (Lipinski definition) is 1. The van der Waals surface area contributed by atoms with Gasteiger partial charge in [0.2, 0.25) is 0 Å². The minimum atomic E-state index is -0.648. The Labute approximate surface area is 209 Å². The van der Waals surface area contributed by atoms with Crippen molar-refractivity contribution in [2.75, 3.05) is 39.1 Å². The highest BCUT2D eigenvalue weighted by atomic mass is 19.1. The van der Waals surface area contributed by atoms with Crippen LogP contribution in [-0.2, 0) is 18.4 Å². The maximum absolute atomic E-state index is 13.5. The van der Waals surface area contributed by atoms with Gasteiger partial charge in [0.05, 0.1) is 12.2 Å². The third kappa shape index (κ3) is 4.70. The molecule has 2 amide bonds. The van der Waals surface area contributed by atoms with E-state index in [2.05, 4.69) is 4.90 Å². The number of piperidine rings is 1. The number of amides is 2. The second-order valence-electron chi connectivity index (χ2n) is 9.48. The van der Waals surface area contributed by atoms with Gasteiger partial charge < -0.3 is 24.4 Å². The van der Waals surface area contributed by atoms with Gasteiger partial charge in [-0.05, 0) is 54.8 Å². The van der Waals surface area contributed by atoms with Crippen LogP contribution in [0.5, 0.6) is 0 Å². The van der Waals surface area contributed by atoms with Gasteiger partial charge in [0.1, 0.15) is 5.82 Å². The number of likely N-dealkylation sites (tertiary alicyclic amines) is 1. The fourth-order valence-electron chi connectivity index (χ4n) is 4.81. The standard InChI is InChI=1S/C27H31FN4O4/c1-29(2)27(36)25(34)23-15-30(3)24-13-17(16-33)21(14-22(23)24)26(35)32-11-9-20(10-12-32)31(4)19-7-5-18(28)6-8-19/h5-8,13-15,20,33H,9-12,16H2,1-4H3. The van der Waals surface area contributed by atoms with Crippen LogP contribution in [0.1, 0.15) is 39.1 Å². The zero-order valence-corrected chi connectivity index (χ0v) is 21.0. The van der Waals surface area contributed by atoms with Crippen LogP contribution < -0.4 is 4.90 Å². The highest BCUT2D eigenvalue weighted by Crippen LogP contribution is 2.29. The van der Waals surface area contributed by atoms with Gasteiger partial charge in [-0.1, -0.05) is 0 Å². The Kier molecular flexibility index (Phi) is 7.12. The molecular weight excluding hydrogens is 463 g/mol. The Bertz CT molecular complexity index is 1310. The molecule has 0 spiro atoms. The quantitative estimate of drug-likeness (QED) is 0.421. The number of halogens is 1. The zero-order valence-electron chi connectivity index (χ0n) is 21.0. The summed E-state index contributed by atoms with van der Waals surface area (Å²) in [6.45, 7) is 0.723. The number of aromatic nitrogens is 1. The van der Waals surface area contributed by atoms with Crippen LogP contribution in [0.3, 0.4) is 0 Å². The minimum Gasteiger partial charge on any atom is -0.392 e. The van der Waals surface area contributed by atoms with E-state index in [0.717, 1.165) is 18.5 Å². The number of ketones is 1. The van der Waals surface area contributed by atoms with Crippen molar-refractivity contribution >= 4 is 34.2 Å².